The number of ether oxygens (including phenoxy) is 1. The molecule has 3 N–H and O–H groups in total. The van der Waals surface area contributed by atoms with Gasteiger partial charge in [-0.05, 0) is 55.5 Å². The predicted octanol–water partition coefficient (Wildman–Crippen LogP) is 3.65. The minimum absolute atomic E-state index is 0.194. The van der Waals surface area contributed by atoms with Gasteiger partial charge >= 0.3 is 10.2 Å². The molecule has 1 saturated carbocycles. The van der Waals surface area contributed by atoms with Gasteiger partial charge in [0, 0.05) is 24.2 Å². The van der Waals surface area contributed by atoms with Crippen LogP contribution in [0, 0.1) is 0 Å². The molecule has 0 unspecified atom stereocenters. The van der Waals surface area contributed by atoms with Crippen molar-refractivity contribution in [3.05, 3.63) is 90.1 Å². The SMILES string of the molecule is COc1ccccc1C(=O)NC[C@]1(c2ccccc2)CC[C@H](NS(=O)(=O)Nc2ccccn2)CC1. The number of amides is 1. The minimum Gasteiger partial charge on any atom is -0.496 e. The zero-order chi connectivity index (χ0) is 24.7. The third kappa shape index (κ3) is 6.17. The summed E-state index contributed by atoms with van der Waals surface area (Å²) >= 11 is 0. The topological polar surface area (TPSA) is 109 Å². The van der Waals surface area contributed by atoms with Gasteiger partial charge in [-0.3, -0.25) is 9.52 Å². The Morgan fingerprint density at radius 2 is 1.69 bits per heavy atom. The lowest BCUT2D eigenvalue weighted by Crippen LogP contribution is -2.48. The summed E-state index contributed by atoms with van der Waals surface area (Å²) in [6.07, 6.45) is 4.26. The molecule has 0 saturated heterocycles. The molecule has 1 fully saturated rings. The zero-order valence-electron chi connectivity index (χ0n) is 19.6. The Morgan fingerprint density at radius 3 is 2.37 bits per heavy atom. The van der Waals surface area contributed by atoms with Gasteiger partial charge in [0.05, 0.1) is 12.7 Å². The number of aromatic nitrogens is 1. The second-order valence-corrected chi connectivity index (χ2v) is 10.2. The van der Waals surface area contributed by atoms with E-state index in [1.54, 1.807) is 43.5 Å². The van der Waals surface area contributed by atoms with Crippen LogP contribution in [0.3, 0.4) is 0 Å². The molecule has 4 rings (SSSR count). The monoisotopic (exact) mass is 494 g/mol. The van der Waals surface area contributed by atoms with E-state index in [0.717, 1.165) is 18.4 Å². The van der Waals surface area contributed by atoms with Crippen LogP contribution < -0.4 is 19.5 Å². The van der Waals surface area contributed by atoms with Crippen LogP contribution in [0.15, 0.2) is 79.0 Å². The van der Waals surface area contributed by atoms with Crippen LogP contribution in [0.5, 0.6) is 5.75 Å². The number of nitrogens with zero attached hydrogens (tertiary/aromatic N) is 1. The summed E-state index contributed by atoms with van der Waals surface area (Å²) in [6, 6.07) is 22.1. The third-order valence-corrected chi connectivity index (χ3v) is 7.61. The van der Waals surface area contributed by atoms with Crippen LogP contribution in [0.4, 0.5) is 5.82 Å². The number of benzene rings is 2. The number of nitrogens with one attached hydrogen (secondary N) is 3. The molecular formula is C26H30N4O4S. The average molecular weight is 495 g/mol. The van der Waals surface area contributed by atoms with Gasteiger partial charge in [0.25, 0.3) is 5.91 Å². The highest BCUT2D eigenvalue weighted by Crippen LogP contribution is 2.39. The molecule has 2 aromatic carbocycles. The summed E-state index contributed by atoms with van der Waals surface area (Å²) in [4.78, 5) is 17.0. The summed E-state index contributed by atoms with van der Waals surface area (Å²) < 4.78 is 35.8. The third-order valence-electron chi connectivity index (χ3n) is 6.49. The van der Waals surface area contributed by atoms with Crippen molar-refractivity contribution < 1.29 is 17.9 Å². The van der Waals surface area contributed by atoms with Crippen molar-refractivity contribution >= 4 is 21.9 Å². The van der Waals surface area contributed by atoms with E-state index < -0.39 is 10.2 Å². The first kappa shape index (κ1) is 24.7. The van der Waals surface area contributed by atoms with Crippen LogP contribution in [-0.2, 0) is 15.6 Å². The second-order valence-electron chi connectivity index (χ2n) is 8.74. The van der Waals surface area contributed by atoms with Gasteiger partial charge in [0.2, 0.25) is 0 Å². The number of carbonyl (C=O) groups excluding carboxylic acids is 1. The minimum atomic E-state index is -3.75. The van der Waals surface area contributed by atoms with Crippen LogP contribution in [-0.4, -0.2) is 39.0 Å². The molecule has 35 heavy (non-hydrogen) atoms. The smallest absolute Gasteiger partial charge is 0.300 e. The molecule has 1 aliphatic carbocycles. The van der Waals surface area contributed by atoms with Gasteiger partial charge in [0.15, 0.2) is 0 Å². The van der Waals surface area contributed by atoms with E-state index in [-0.39, 0.29) is 23.2 Å². The predicted molar refractivity (Wildman–Crippen MR) is 136 cm³/mol. The van der Waals surface area contributed by atoms with Crippen molar-refractivity contribution in [3.63, 3.8) is 0 Å². The van der Waals surface area contributed by atoms with E-state index in [1.807, 2.05) is 24.3 Å². The van der Waals surface area contributed by atoms with Gasteiger partial charge in [0.1, 0.15) is 11.6 Å². The maximum absolute atomic E-state index is 13.0. The lowest BCUT2D eigenvalue weighted by molar-refractivity contribution is 0.0932. The Balaban J connectivity index is 1.44. The first-order valence-corrected chi connectivity index (χ1v) is 13.1. The molecule has 0 atom stereocenters. The van der Waals surface area contributed by atoms with Crippen LogP contribution in [0.1, 0.15) is 41.6 Å². The Labute approximate surface area is 206 Å². The normalized spacial score (nSPS) is 20.1. The molecule has 0 aliphatic heterocycles. The Hall–Kier alpha value is -3.43. The summed E-state index contributed by atoms with van der Waals surface area (Å²) in [7, 11) is -2.21. The molecule has 1 amide bonds. The molecule has 3 aromatic rings. The van der Waals surface area contributed by atoms with E-state index in [1.165, 1.54) is 6.20 Å². The van der Waals surface area contributed by atoms with Gasteiger partial charge in [-0.2, -0.15) is 13.1 Å². The highest BCUT2D eigenvalue weighted by molar-refractivity contribution is 7.90. The van der Waals surface area contributed by atoms with Crippen LogP contribution >= 0.6 is 0 Å². The van der Waals surface area contributed by atoms with Gasteiger partial charge in [-0.25, -0.2) is 4.98 Å². The number of hydrogen-bond acceptors (Lipinski definition) is 5. The molecule has 1 aromatic heterocycles. The lowest BCUT2D eigenvalue weighted by Gasteiger charge is -2.41. The number of rotatable bonds is 9. The summed E-state index contributed by atoms with van der Waals surface area (Å²) in [5, 5.41) is 3.10. The van der Waals surface area contributed by atoms with Crippen molar-refractivity contribution in [1.82, 2.24) is 15.0 Å². The van der Waals surface area contributed by atoms with Gasteiger partial charge in [-0.1, -0.05) is 48.5 Å². The Kier molecular flexibility index (Phi) is 7.67. The Morgan fingerprint density at radius 1 is 1.00 bits per heavy atom. The van der Waals surface area contributed by atoms with Crippen molar-refractivity contribution in [2.45, 2.75) is 37.1 Å². The first-order valence-electron chi connectivity index (χ1n) is 11.6. The van der Waals surface area contributed by atoms with E-state index in [0.29, 0.717) is 30.7 Å². The van der Waals surface area contributed by atoms with Crippen molar-refractivity contribution in [2.24, 2.45) is 0 Å². The highest BCUT2D eigenvalue weighted by Gasteiger charge is 2.38. The molecule has 8 nitrogen and oxygen atoms in total. The number of hydrogen-bond donors (Lipinski definition) is 3. The van der Waals surface area contributed by atoms with Crippen molar-refractivity contribution in [3.8, 4) is 5.75 Å². The van der Waals surface area contributed by atoms with Gasteiger partial charge < -0.3 is 10.1 Å². The van der Waals surface area contributed by atoms with E-state index in [2.05, 4.69) is 31.9 Å². The summed E-state index contributed by atoms with van der Waals surface area (Å²) in [5.41, 5.74) is 1.32. The fraction of sp³-hybridized carbons (Fsp3) is 0.308. The Bertz CT molecular complexity index is 1230. The number of para-hydroxylation sites is 1. The number of anilines is 1. The average Bonchev–Trinajstić information content (AvgIpc) is 2.89. The molecule has 1 aliphatic rings. The molecule has 0 radical (unpaired) electrons. The lowest BCUT2D eigenvalue weighted by atomic mass is 9.68. The standard InChI is InChI=1S/C26H30N4O4S/c1-34-23-12-6-5-11-22(23)25(31)28-19-26(20-9-3-2-4-10-20)16-14-21(15-17-26)29-35(32,33)30-24-13-7-8-18-27-24/h2-13,18,21,29H,14-17,19H2,1H3,(H,27,30)(H,28,31)/t21-,26-. The number of carbonyl (C=O) groups is 1. The van der Waals surface area contributed by atoms with E-state index in [4.69, 9.17) is 4.74 Å². The fourth-order valence-electron chi connectivity index (χ4n) is 4.63. The number of pyridine rings is 1. The van der Waals surface area contributed by atoms with E-state index in [9.17, 15) is 13.2 Å². The largest absolute Gasteiger partial charge is 0.496 e. The summed E-state index contributed by atoms with van der Waals surface area (Å²) in [6.45, 7) is 0.444. The van der Waals surface area contributed by atoms with Crippen LogP contribution in [0.2, 0.25) is 0 Å². The zero-order valence-corrected chi connectivity index (χ0v) is 20.4. The van der Waals surface area contributed by atoms with Crippen LogP contribution in [0.25, 0.3) is 0 Å². The molecule has 184 valence electrons. The van der Waals surface area contributed by atoms with Gasteiger partial charge in [-0.15, -0.1) is 0 Å². The maximum Gasteiger partial charge on any atom is 0.300 e. The quantitative estimate of drug-likeness (QED) is 0.421. The first-order chi connectivity index (χ1) is 16.9. The van der Waals surface area contributed by atoms with Crippen molar-refractivity contribution in [2.75, 3.05) is 18.4 Å². The molecule has 1 heterocycles. The maximum atomic E-state index is 13.0. The highest BCUT2D eigenvalue weighted by atomic mass is 32.2. The second kappa shape index (κ2) is 10.9. The van der Waals surface area contributed by atoms with Crippen molar-refractivity contribution in [1.29, 1.82) is 0 Å². The summed E-state index contributed by atoms with van der Waals surface area (Å²) in [5.74, 6) is 0.603. The molecule has 9 heteroatoms. The van der Waals surface area contributed by atoms with E-state index >= 15 is 0 Å². The molecule has 0 bridgehead atoms. The molecular weight excluding hydrogens is 464 g/mol. The fourth-order valence-corrected chi connectivity index (χ4v) is 5.76. The molecule has 0 spiro atoms. The number of methoxy groups -OCH3 is 1.